The Kier molecular flexibility index (Phi) is 4.41. The molecule has 1 saturated carbocycles. The largest absolute Gasteiger partial charge is 0.504 e. The van der Waals surface area contributed by atoms with Gasteiger partial charge in [0.1, 0.15) is 12.1 Å². The Labute approximate surface area is 177 Å². The third kappa shape index (κ3) is 2.29. The SMILES string of the molecule is CO[C@@]12CC[C@H](NC(C(=O)O)C(C)C)[C@@H]3Oc4c(O)ccc5c4[C@@]31CCN(C)C2C5. The molecule has 1 spiro atoms. The van der Waals surface area contributed by atoms with Crippen molar-refractivity contribution in [2.24, 2.45) is 5.92 Å². The van der Waals surface area contributed by atoms with Gasteiger partial charge in [-0.15, -0.1) is 0 Å². The number of likely N-dealkylation sites (tertiary alicyclic amines) is 1. The summed E-state index contributed by atoms with van der Waals surface area (Å²) in [5.41, 5.74) is 1.51. The van der Waals surface area contributed by atoms with Crippen LogP contribution in [0.3, 0.4) is 0 Å². The maximum atomic E-state index is 11.9. The van der Waals surface area contributed by atoms with Gasteiger partial charge in [-0.25, -0.2) is 0 Å². The lowest BCUT2D eigenvalue weighted by atomic mass is 9.48. The molecule has 7 heteroatoms. The lowest BCUT2D eigenvalue weighted by Crippen LogP contribution is -2.78. The highest BCUT2D eigenvalue weighted by Crippen LogP contribution is 2.66. The van der Waals surface area contributed by atoms with E-state index in [9.17, 15) is 15.0 Å². The van der Waals surface area contributed by atoms with Crippen LogP contribution in [0.4, 0.5) is 0 Å². The summed E-state index contributed by atoms with van der Waals surface area (Å²) < 4.78 is 13.0. The number of piperidine rings is 1. The van der Waals surface area contributed by atoms with Gasteiger partial charge in [0.2, 0.25) is 0 Å². The molecule has 30 heavy (non-hydrogen) atoms. The van der Waals surface area contributed by atoms with Crippen molar-refractivity contribution >= 4 is 5.97 Å². The second kappa shape index (κ2) is 6.58. The Balaban J connectivity index is 1.67. The first kappa shape index (κ1) is 20.1. The van der Waals surface area contributed by atoms with Crippen molar-refractivity contribution in [3.05, 3.63) is 23.3 Å². The van der Waals surface area contributed by atoms with E-state index in [0.717, 1.165) is 37.8 Å². The highest BCUT2D eigenvalue weighted by molar-refractivity contribution is 5.74. The third-order valence-electron chi connectivity index (χ3n) is 8.38. The van der Waals surface area contributed by atoms with Gasteiger partial charge in [0, 0.05) is 24.8 Å². The summed E-state index contributed by atoms with van der Waals surface area (Å²) in [5.74, 6) is -0.141. The van der Waals surface area contributed by atoms with E-state index in [1.165, 1.54) is 5.56 Å². The van der Waals surface area contributed by atoms with E-state index in [4.69, 9.17) is 9.47 Å². The van der Waals surface area contributed by atoms with Crippen molar-refractivity contribution in [1.29, 1.82) is 0 Å². The van der Waals surface area contributed by atoms with E-state index in [1.807, 2.05) is 19.9 Å². The first-order valence-corrected chi connectivity index (χ1v) is 11.0. The monoisotopic (exact) mass is 416 g/mol. The molecule has 164 valence electrons. The summed E-state index contributed by atoms with van der Waals surface area (Å²) in [5, 5.41) is 23.9. The predicted octanol–water partition coefficient (Wildman–Crippen LogP) is 1.90. The molecule has 6 atom stereocenters. The molecule has 2 aliphatic heterocycles. The van der Waals surface area contributed by atoms with Crippen LogP contribution in [0, 0.1) is 5.92 Å². The summed E-state index contributed by atoms with van der Waals surface area (Å²) in [6.45, 7) is 4.77. The number of nitrogens with zero attached hydrogens (tertiary/aromatic N) is 1. The number of benzene rings is 1. The number of phenols is 1. The van der Waals surface area contributed by atoms with E-state index in [-0.39, 0.29) is 29.9 Å². The predicted molar refractivity (Wildman–Crippen MR) is 111 cm³/mol. The number of likely N-dealkylation sites (N-methyl/N-ethyl adjacent to an activating group) is 1. The van der Waals surface area contributed by atoms with Gasteiger partial charge in [-0.05, 0) is 56.8 Å². The highest BCUT2D eigenvalue weighted by Gasteiger charge is 2.73. The van der Waals surface area contributed by atoms with Crippen LogP contribution >= 0.6 is 0 Å². The van der Waals surface area contributed by atoms with Crippen LogP contribution in [0.25, 0.3) is 0 Å². The van der Waals surface area contributed by atoms with Crippen molar-refractivity contribution in [3.63, 3.8) is 0 Å². The van der Waals surface area contributed by atoms with Gasteiger partial charge in [-0.3, -0.25) is 10.1 Å². The van der Waals surface area contributed by atoms with Gasteiger partial charge in [0.15, 0.2) is 11.5 Å². The number of phenolic OH excluding ortho intramolecular Hbond substituents is 1. The number of hydrogen-bond acceptors (Lipinski definition) is 6. The van der Waals surface area contributed by atoms with Crippen LogP contribution in [0.2, 0.25) is 0 Å². The molecule has 0 amide bonds. The van der Waals surface area contributed by atoms with Gasteiger partial charge >= 0.3 is 5.97 Å². The molecular weight excluding hydrogens is 384 g/mol. The molecule has 7 nitrogen and oxygen atoms in total. The number of nitrogens with one attached hydrogen (secondary N) is 1. The Hall–Kier alpha value is -1.83. The fraction of sp³-hybridized carbons (Fsp3) is 0.696. The second-order valence-electron chi connectivity index (χ2n) is 9.87. The molecular formula is C23H32N2O5. The minimum atomic E-state index is -0.838. The summed E-state index contributed by atoms with van der Waals surface area (Å²) in [4.78, 5) is 14.3. The van der Waals surface area contributed by atoms with Gasteiger partial charge in [0.25, 0.3) is 0 Å². The summed E-state index contributed by atoms with van der Waals surface area (Å²) in [6.07, 6.45) is 3.05. The molecule has 1 saturated heterocycles. The van der Waals surface area contributed by atoms with Crippen LogP contribution in [0.1, 0.15) is 44.2 Å². The molecule has 2 bridgehead atoms. The molecule has 0 aromatic heterocycles. The number of aromatic hydroxyl groups is 1. The molecule has 2 unspecified atom stereocenters. The maximum Gasteiger partial charge on any atom is 0.320 e. The molecule has 3 N–H and O–H groups in total. The van der Waals surface area contributed by atoms with E-state index in [0.29, 0.717) is 5.75 Å². The summed E-state index contributed by atoms with van der Waals surface area (Å²) in [7, 11) is 3.97. The smallest absolute Gasteiger partial charge is 0.320 e. The number of carboxylic acids is 1. The lowest BCUT2D eigenvalue weighted by molar-refractivity contribution is -0.204. The molecule has 1 aromatic carbocycles. The van der Waals surface area contributed by atoms with Crippen molar-refractivity contribution in [2.75, 3.05) is 20.7 Å². The average molecular weight is 417 g/mol. The number of ether oxygens (including phenoxy) is 2. The normalized spacial score (nSPS) is 37.6. The zero-order chi connectivity index (χ0) is 21.4. The minimum Gasteiger partial charge on any atom is -0.504 e. The standard InChI is InChI=1S/C23H32N2O5/c1-12(2)18(21(27)28)24-14-7-8-23(29-4)16-11-13-5-6-15(26)19-17(13)22(23,20(14)30-19)9-10-25(16)3/h5-6,12,14,16,18,20,24,26H,7-11H2,1-4H3,(H,27,28)/t14-,16?,18?,20-,22-,23+/m0/s1. The summed E-state index contributed by atoms with van der Waals surface area (Å²) in [6, 6.07) is 3.21. The third-order valence-corrected chi connectivity index (χ3v) is 8.38. The molecule has 2 heterocycles. The van der Waals surface area contributed by atoms with Crippen molar-refractivity contribution in [1.82, 2.24) is 10.2 Å². The molecule has 2 fully saturated rings. The van der Waals surface area contributed by atoms with E-state index < -0.39 is 23.0 Å². The van der Waals surface area contributed by atoms with Crippen LogP contribution < -0.4 is 10.1 Å². The van der Waals surface area contributed by atoms with E-state index in [2.05, 4.69) is 17.3 Å². The minimum absolute atomic E-state index is 0.0431. The molecule has 0 radical (unpaired) electrons. The lowest BCUT2D eigenvalue weighted by Gasteiger charge is -2.65. The van der Waals surface area contributed by atoms with Crippen LogP contribution in [-0.2, 0) is 21.4 Å². The Morgan fingerprint density at radius 2 is 2.13 bits per heavy atom. The van der Waals surface area contributed by atoms with Crippen molar-refractivity contribution in [3.8, 4) is 11.5 Å². The van der Waals surface area contributed by atoms with Gasteiger partial charge in [-0.2, -0.15) is 0 Å². The number of hydrogen-bond donors (Lipinski definition) is 3. The van der Waals surface area contributed by atoms with Crippen molar-refractivity contribution < 1.29 is 24.5 Å². The quantitative estimate of drug-likeness (QED) is 0.675. The van der Waals surface area contributed by atoms with Gasteiger partial charge in [-0.1, -0.05) is 19.9 Å². The number of methoxy groups -OCH3 is 1. The second-order valence-corrected chi connectivity index (χ2v) is 9.87. The first-order valence-electron chi connectivity index (χ1n) is 11.0. The van der Waals surface area contributed by atoms with E-state index in [1.54, 1.807) is 13.2 Å². The fourth-order valence-electron chi connectivity index (χ4n) is 7.09. The molecule has 2 aliphatic carbocycles. The molecule has 1 aromatic rings. The number of rotatable bonds is 5. The molecule has 4 aliphatic rings. The highest BCUT2D eigenvalue weighted by atomic mass is 16.5. The molecule has 5 rings (SSSR count). The van der Waals surface area contributed by atoms with Crippen LogP contribution in [0.15, 0.2) is 12.1 Å². The maximum absolute atomic E-state index is 11.9. The number of carbonyl (C=O) groups is 1. The topological polar surface area (TPSA) is 91.3 Å². The number of carboxylic acid groups (broad SMARTS) is 1. The fourth-order valence-corrected chi connectivity index (χ4v) is 7.09. The average Bonchev–Trinajstić information content (AvgIpc) is 3.06. The first-order chi connectivity index (χ1) is 14.3. The van der Waals surface area contributed by atoms with E-state index >= 15 is 0 Å². The summed E-state index contributed by atoms with van der Waals surface area (Å²) >= 11 is 0. The van der Waals surface area contributed by atoms with Crippen LogP contribution in [0.5, 0.6) is 11.5 Å². The van der Waals surface area contributed by atoms with Crippen LogP contribution in [-0.4, -0.2) is 71.6 Å². The Bertz CT molecular complexity index is 889. The van der Waals surface area contributed by atoms with Gasteiger partial charge in [0.05, 0.1) is 11.0 Å². The van der Waals surface area contributed by atoms with Crippen molar-refractivity contribution in [2.45, 2.75) is 74.8 Å². The number of aliphatic carboxylic acids is 1. The Morgan fingerprint density at radius 3 is 2.80 bits per heavy atom. The zero-order valence-electron chi connectivity index (χ0n) is 18.1. The Morgan fingerprint density at radius 1 is 1.37 bits per heavy atom. The zero-order valence-corrected chi connectivity index (χ0v) is 18.1. The van der Waals surface area contributed by atoms with Gasteiger partial charge < -0.3 is 24.6 Å².